The van der Waals surface area contributed by atoms with E-state index >= 15 is 0 Å². The van der Waals surface area contributed by atoms with E-state index in [2.05, 4.69) is 5.32 Å². The van der Waals surface area contributed by atoms with E-state index in [-0.39, 0.29) is 37.7 Å². The second-order valence-corrected chi connectivity index (χ2v) is 7.14. The molecule has 0 radical (unpaired) electrons. The molecule has 7 heteroatoms. The normalized spacial score (nSPS) is 11.1. The van der Waals surface area contributed by atoms with Gasteiger partial charge in [-0.1, -0.05) is 18.2 Å². The summed E-state index contributed by atoms with van der Waals surface area (Å²) in [6.07, 6.45) is 1.09. The summed E-state index contributed by atoms with van der Waals surface area (Å²) >= 11 is 0. The number of amides is 2. The standard InChI is InChI=1S/C20H26N2O5/c1-20(2,3)27-19(25)21-11-10-18(24)22(14-16-8-6-12-26-16)13-15-7-4-5-9-17(15)23/h4-9,12,23H,10-11,13-14H2,1-3H3,(H,21,25). The minimum atomic E-state index is -0.593. The molecule has 2 rings (SSSR count). The molecule has 0 saturated carbocycles. The molecule has 0 aliphatic carbocycles. The Balaban J connectivity index is 1.96. The molecule has 27 heavy (non-hydrogen) atoms. The van der Waals surface area contributed by atoms with Crippen molar-refractivity contribution in [1.29, 1.82) is 0 Å². The summed E-state index contributed by atoms with van der Waals surface area (Å²) < 4.78 is 10.5. The number of phenolic OH excluding ortho intramolecular Hbond substituents is 1. The second-order valence-electron chi connectivity index (χ2n) is 7.14. The zero-order valence-electron chi connectivity index (χ0n) is 15.9. The number of carbonyl (C=O) groups is 2. The van der Waals surface area contributed by atoms with Crippen LogP contribution >= 0.6 is 0 Å². The Morgan fingerprint density at radius 2 is 1.89 bits per heavy atom. The molecule has 0 fully saturated rings. The molecule has 2 N–H and O–H groups in total. The molecule has 7 nitrogen and oxygen atoms in total. The van der Waals surface area contributed by atoms with Gasteiger partial charge in [0.05, 0.1) is 12.8 Å². The fourth-order valence-electron chi connectivity index (χ4n) is 2.42. The van der Waals surface area contributed by atoms with Crippen LogP contribution in [0.4, 0.5) is 4.79 Å². The molecule has 0 spiro atoms. The monoisotopic (exact) mass is 374 g/mol. The summed E-state index contributed by atoms with van der Waals surface area (Å²) in [5, 5.41) is 12.6. The number of para-hydroxylation sites is 1. The first kappa shape index (κ1) is 20.4. The van der Waals surface area contributed by atoms with Gasteiger partial charge in [0.1, 0.15) is 17.1 Å². The Morgan fingerprint density at radius 1 is 1.15 bits per heavy atom. The fourth-order valence-corrected chi connectivity index (χ4v) is 2.42. The topological polar surface area (TPSA) is 92.0 Å². The van der Waals surface area contributed by atoms with E-state index in [0.29, 0.717) is 11.3 Å². The maximum Gasteiger partial charge on any atom is 0.407 e. The Morgan fingerprint density at radius 3 is 2.52 bits per heavy atom. The van der Waals surface area contributed by atoms with Gasteiger partial charge in [-0.15, -0.1) is 0 Å². The maximum absolute atomic E-state index is 12.7. The van der Waals surface area contributed by atoms with Crippen molar-refractivity contribution in [2.24, 2.45) is 0 Å². The van der Waals surface area contributed by atoms with Crippen LogP contribution in [0.5, 0.6) is 5.75 Å². The van der Waals surface area contributed by atoms with Crippen LogP contribution in [0.25, 0.3) is 0 Å². The van der Waals surface area contributed by atoms with Gasteiger partial charge >= 0.3 is 6.09 Å². The fraction of sp³-hybridized carbons (Fsp3) is 0.400. The number of rotatable bonds is 7. The van der Waals surface area contributed by atoms with Crippen molar-refractivity contribution < 1.29 is 23.8 Å². The number of ether oxygens (including phenoxy) is 1. The number of nitrogens with zero attached hydrogens (tertiary/aromatic N) is 1. The number of carbonyl (C=O) groups excluding carboxylic acids is 2. The lowest BCUT2D eigenvalue weighted by molar-refractivity contribution is -0.132. The SMILES string of the molecule is CC(C)(C)OC(=O)NCCC(=O)N(Cc1ccco1)Cc1ccccc1O. The Bertz CT molecular complexity index is 750. The minimum Gasteiger partial charge on any atom is -0.508 e. The molecule has 1 aromatic heterocycles. The van der Waals surface area contributed by atoms with Crippen molar-refractivity contribution in [2.45, 2.75) is 45.9 Å². The molecule has 0 aliphatic rings. The third-order valence-corrected chi connectivity index (χ3v) is 3.64. The zero-order valence-corrected chi connectivity index (χ0v) is 15.9. The van der Waals surface area contributed by atoms with Crippen molar-refractivity contribution >= 4 is 12.0 Å². The van der Waals surface area contributed by atoms with E-state index in [9.17, 15) is 14.7 Å². The number of furan rings is 1. The Kier molecular flexibility index (Phi) is 6.87. The Labute approximate surface area is 158 Å². The minimum absolute atomic E-state index is 0.105. The van der Waals surface area contributed by atoms with E-state index in [1.54, 1.807) is 68.3 Å². The third-order valence-electron chi connectivity index (χ3n) is 3.64. The van der Waals surface area contributed by atoms with Gasteiger partial charge in [0.15, 0.2) is 0 Å². The lowest BCUT2D eigenvalue weighted by Gasteiger charge is -2.23. The van der Waals surface area contributed by atoms with Crippen molar-refractivity contribution in [2.75, 3.05) is 6.54 Å². The summed E-state index contributed by atoms with van der Waals surface area (Å²) in [6.45, 7) is 5.98. The van der Waals surface area contributed by atoms with Crippen LogP contribution in [-0.2, 0) is 22.6 Å². The van der Waals surface area contributed by atoms with Gasteiger partial charge < -0.3 is 24.5 Å². The molecule has 0 bridgehead atoms. The lowest BCUT2D eigenvalue weighted by atomic mass is 10.1. The highest BCUT2D eigenvalue weighted by atomic mass is 16.6. The number of alkyl carbamates (subject to hydrolysis) is 1. The average Bonchev–Trinajstić information content (AvgIpc) is 3.07. The average molecular weight is 374 g/mol. The number of nitrogens with one attached hydrogen (secondary N) is 1. The smallest absolute Gasteiger partial charge is 0.407 e. The predicted molar refractivity (Wildman–Crippen MR) is 99.9 cm³/mol. The van der Waals surface area contributed by atoms with Crippen molar-refractivity contribution in [3.8, 4) is 5.75 Å². The summed E-state index contributed by atoms with van der Waals surface area (Å²) in [5.74, 6) is 0.589. The first-order valence-corrected chi connectivity index (χ1v) is 8.78. The molecule has 0 aliphatic heterocycles. The zero-order chi connectivity index (χ0) is 19.9. The lowest BCUT2D eigenvalue weighted by Crippen LogP contribution is -2.36. The predicted octanol–water partition coefficient (Wildman–Crippen LogP) is 3.43. The van der Waals surface area contributed by atoms with E-state index < -0.39 is 11.7 Å². The molecule has 2 amide bonds. The Hall–Kier alpha value is -2.96. The third kappa shape index (κ3) is 7.05. The first-order chi connectivity index (χ1) is 12.7. The number of hydrogen-bond acceptors (Lipinski definition) is 5. The van der Waals surface area contributed by atoms with Crippen molar-refractivity contribution in [1.82, 2.24) is 10.2 Å². The van der Waals surface area contributed by atoms with Gasteiger partial charge in [-0.05, 0) is 39.0 Å². The number of hydrogen-bond donors (Lipinski definition) is 2. The van der Waals surface area contributed by atoms with E-state index in [1.807, 2.05) is 0 Å². The molecule has 146 valence electrons. The summed E-state index contributed by atoms with van der Waals surface area (Å²) in [7, 11) is 0. The van der Waals surface area contributed by atoms with Gasteiger partial charge in [-0.25, -0.2) is 4.79 Å². The number of benzene rings is 1. The van der Waals surface area contributed by atoms with E-state index in [1.165, 1.54) is 0 Å². The highest BCUT2D eigenvalue weighted by Gasteiger charge is 2.19. The highest BCUT2D eigenvalue weighted by Crippen LogP contribution is 2.19. The molecule has 1 heterocycles. The molecular formula is C20H26N2O5. The largest absolute Gasteiger partial charge is 0.508 e. The van der Waals surface area contributed by atoms with Gasteiger partial charge in [-0.3, -0.25) is 4.79 Å². The number of aromatic hydroxyl groups is 1. The second kappa shape index (κ2) is 9.12. The maximum atomic E-state index is 12.7. The van der Waals surface area contributed by atoms with Crippen LogP contribution in [0, 0.1) is 0 Å². The summed E-state index contributed by atoms with van der Waals surface area (Å²) in [6, 6.07) is 10.4. The van der Waals surface area contributed by atoms with Crippen LogP contribution in [0.1, 0.15) is 38.5 Å². The molecular weight excluding hydrogens is 348 g/mol. The van der Waals surface area contributed by atoms with Crippen LogP contribution in [0.2, 0.25) is 0 Å². The van der Waals surface area contributed by atoms with Crippen molar-refractivity contribution in [3.63, 3.8) is 0 Å². The molecule has 0 saturated heterocycles. The van der Waals surface area contributed by atoms with Gasteiger partial charge in [-0.2, -0.15) is 0 Å². The van der Waals surface area contributed by atoms with Crippen LogP contribution in [0.3, 0.4) is 0 Å². The molecule has 0 unspecified atom stereocenters. The number of phenols is 1. The van der Waals surface area contributed by atoms with Crippen LogP contribution in [-0.4, -0.2) is 34.2 Å². The molecule has 1 aromatic carbocycles. The summed E-state index contributed by atoms with van der Waals surface area (Å²) in [5.41, 5.74) is 0.0436. The quantitative estimate of drug-likeness (QED) is 0.775. The van der Waals surface area contributed by atoms with Crippen LogP contribution < -0.4 is 5.32 Å². The van der Waals surface area contributed by atoms with Gasteiger partial charge in [0, 0.05) is 25.1 Å². The van der Waals surface area contributed by atoms with Gasteiger partial charge in [0.25, 0.3) is 0 Å². The highest BCUT2D eigenvalue weighted by molar-refractivity contribution is 5.77. The van der Waals surface area contributed by atoms with E-state index in [4.69, 9.17) is 9.15 Å². The summed E-state index contributed by atoms with van der Waals surface area (Å²) in [4.78, 5) is 25.9. The van der Waals surface area contributed by atoms with Crippen molar-refractivity contribution in [3.05, 3.63) is 54.0 Å². The molecule has 0 atom stereocenters. The van der Waals surface area contributed by atoms with E-state index in [0.717, 1.165) is 0 Å². The van der Waals surface area contributed by atoms with Crippen LogP contribution in [0.15, 0.2) is 47.1 Å². The first-order valence-electron chi connectivity index (χ1n) is 8.78. The van der Waals surface area contributed by atoms with Gasteiger partial charge in [0.2, 0.25) is 5.91 Å². The molecule has 2 aromatic rings.